The molecule has 142 valence electrons. The topological polar surface area (TPSA) is 91.4 Å². The summed E-state index contributed by atoms with van der Waals surface area (Å²) in [6, 6.07) is 15.4. The monoisotopic (exact) mass is 392 g/mol. The van der Waals surface area contributed by atoms with E-state index in [9.17, 15) is 4.79 Å². The minimum Gasteiger partial charge on any atom is -0.345 e. The number of imidazole rings is 1. The molecule has 3 N–H and O–H groups in total. The number of hydrogen-bond acceptors (Lipinski definition) is 4. The fourth-order valence-electron chi connectivity index (χ4n) is 3.06. The van der Waals surface area contributed by atoms with Crippen LogP contribution in [-0.4, -0.2) is 30.6 Å². The number of aryl methyl sites for hydroxylation is 1. The number of aromatic amines is 2. The van der Waals surface area contributed by atoms with Crippen LogP contribution in [0.25, 0.3) is 22.4 Å². The zero-order chi connectivity index (χ0) is 19.7. The molecule has 8 heteroatoms. The van der Waals surface area contributed by atoms with Crippen LogP contribution in [0.2, 0.25) is 0 Å². The first kappa shape index (κ1) is 18.1. The number of carbonyl (C=O) groups excluding carboxylic acids is 1. The van der Waals surface area contributed by atoms with Gasteiger partial charge in [0.1, 0.15) is 12.4 Å². The van der Waals surface area contributed by atoms with Crippen molar-refractivity contribution in [2.24, 2.45) is 0 Å². The van der Waals surface area contributed by atoms with Gasteiger partial charge in [-0.15, -0.1) is 0 Å². The van der Waals surface area contributed by atoms with E-state index in [-0.39, 0.29) is 18.5 Å². The van der Waals surface area contributed by atoms with Crippen LogP contribution in [0, 0.1) is 11.7 Å². The maximum atomic E-state index is 12.6. The van der Waals surface area contributed by atoms with Gasteiger partial charge < -0.3 is 10.3 Å². The molecular weight excluding hydrogens is 372 g/mol. The molecule has 7 nitrogen and oxygen atoms in total. The summed E-state index contributed by atoms with van der Waals surface area (Å²) in [6.07, 6.45) is 0. The molecule has 0 bridgehead atoms. The minimum atomic E-state index is -0.260. The molecule has 0 radical (unpaired) electrons. The van der Waals surface area contributed by atoms with E-state index in [0.717, 1.165) is 22.2 Å². The Kier molecular flexibility index (Phi) is 4.79. The number of amides is 1. The van der Waals surface area contributed by atoms with Gasteiger partial charge in [-0.25, -0.2) is 4.98 Å². The first-order chi connectivity index (χ1) is 13.5. The maximum Gasteiger partial charge on any atom is 0.240 e. The van der Waals surface area contributed by atoms with Crippen molar-refractivity contribution < 1.29 is 4.79 Å². The van der Waals surface area contributed by atoms with Crippen LogP contribution in [0.5, 0.6) is 0 Å². The lowest BCUT2D eigenvalue weighted by atomic mass is 10.1. The van der Waals surface area contributed by atoms with Crippen molar-refractivity contribution in [3.05, 3.63) is 64.7 Å². The number of nitrogens with one attached hydrogen (secondary N) is 3. The van der Waals surface area contributed by atoms with Crippen LogP contribution in [-0.2, 0) is 11.3 Å². The van der Waals surface area contributed by atoms with Gasteiger partial charge in [-0.3, -0.25) is 14.5 Å². The molecule has 2 aromatic heterocycles. The van der Waals surface area contributed by atoms with E-state index in [0.29, 0.717) is 16.4 Å². The summed E-state index contributed by atoms with van der Waals surface area (Å²) in [6.45, 7) is 3.99. The number of rotatable bonds is 5. The normalized spacial score (nSPS) is 12.2. The van der Waals surface area contributed by atoms with Gasteiger partial charge in [-0.1, -0.05) is 42.0 Å². The molecule has 0 aliphatic rings. The predicted molar refractivity (Wildman–Crippen MR) is 110 cm³/mol. The Morgan fingerprint density at radius 1 is 1.21 bits per heavy atom. The summed E-state index contributed by atoms with van der Waals surface area (Å²) in [5.74, 6) is 1.18. The molecular formula is C20H20N6OS. The summed E-state index contributed by atoms with van der Waals surface area (Å²) in [5.41, 5.74) is 3.87. The molecule has 0 saturated heterocycles. The first-order valence-corrected chi connectivity index (χ1v) is 9.38. The van der Waals surface area contributed by atoms with E-state index >= 15 is 0 Å². The molecule has 0 unspecified atom stereocenters. The zero-order valence-electron chi connectivity index (χ0n) is 15.6. The van der Waals surface area contributed by atoms with Gasteiger partial charge in [0.05, 0.1) is 17.1 Å². The number of benzene rings is 2. The van der Waals surface area contributed by atoms with Gasteiger partial charge >= 0.3 is 0 Å². The molecule has 4 rings (SSSR count). The molecule has 0 aliphatic carbocycles. The highest BCUT2D eigenvalue weighted by Crippen LogP contribution is 2.19. The van der Waals surface area contributed by atoms with E-state index in [1.54, 1.807) is 4.57 Å². The molecule has 4 aromatic rings. The fourth-order valence-corrected chi connectivity index (χ4v) is 3.26. The molecule has 2 aromatic carbocycles. The number of carbonyl (C=O) groups is 1. The number of fused-ring (bicyclic) bond motifs is 1. The van der Waals surface area contributed by atoms with Crippen LogP contribution in [0.4, 0.5) is 0 Å². The van der Waals surface area contributed by atoms with Crippen LogP contribution < -0.4 is 5.32 Å². The molecule has 1 atom stereocenters. The van der Waals surface area contributed by atoms with Crippen molar-refractivity contribution in [1.29, 1.82) is 0 Å². The molecule has 0 saturated carbocycles. The second-order valence-corrected chi connectivity index (χ2v) is 7.12. The summed E-state index contributed by atoms with van der Waals surface area (Å²) in [5, 5.41) is 10.0. The van der Waals surface area contributed by atoms with Crippen molar-refractivity contribution in [2.75, 3.05) is 0 Å². The van der Waals surface area contributed by atoms with E-state index in [1.165, 1.54) is 0 Å². The second kappa shape index (κ2) is 7.40. The Morgan fingerprint density at radius 2 is 1.96 bits per heavy atom. The first-order valence-electron chi connectivity index (χ1n) is 8.97. The molecule has 0 aliphatic heterocycles. The average molecular weight is 392 g/mol. The summed E-state index contributed by atoms with van der Waals surface area (Å²) >= 11 is 5.31. The van der Waals surface area contributed by atoms with Crippen molar-refractivity contribution in [1.82, 2.24) is 30.0 Å². The minimum absolute atomic E-state index is 0.0725. The lowest BCUT2D eigenvalue weighted by molar-refractivity contribution is -0.122. The van der Waals surface area contributed by atoms with Crippen LogP contribution in [0.1, 0.15) is 24.4 Å². The third-order valence-corrected chi connectivity index (χ3v) is 4.88. The Morgan fingerprint density at radius 3 is 2.71 bits per heavy atom. The Balaban J connectivity index is 1.51. The van der Waals surface area contributed by atoms with Gasteiger partial charge in [0.15, 0.2) is 10.6 Å². The Hall–Kier alpha value is -3.26. The van der Waals surface area contributed by atoms with Crippen LogP contribution in [0.15, 0.2) is 48.5 Å². The number of H-pyrrole nitrogens is 2. The van der Waals surface area contributed by atoms with Gasteiger partial charge in [-0.2, -0.15) is 5.10 Å². The highest BCUT2D eigenvalue weighted by Gasteiger charge is 2.16. The quantitative estimate of drug-likeness (QED) is 0.452. The molecule has 28 heavy (non-hydrogen) atoms. The lowest BCUT2D eigenvalue weighted by Gasteiger charge is -2.13. The van der Waals surface area contributed by atoms with Gasteiger partial charge in [0.25, 0.3) is 0 Å². The number of nitrogens with zero attached hydrogens (tertiary/aromatic N) is 3. The standard InChI is InChI=1S/C20H20N6OS/c1-12-7-9-14(10-8-12)19-24-25-20(28)26(19)11-17(27)21-13(2)18-22-15-5-3-4-6-16(15)23-18/h3-10,13H,11H2,1-2H3,(H,21,27)(H,22,23)(H,25,28)/t13-/m0/s1. The highest BCUT2D eigenvalue weighted by atomic mass is 32.1. The van der Waals surface area contributed by atoms with Crippen molar-refractivity contribution in [3.8, 4) is 11.4 Å². The summed E-state index contributed by atoms with van der Waals surface area (Å²) < 4.78 is 2.10. The maximum absolute atomic E-state index is 12.6. The van der Waals surface area contributed by atoms with Gasteiger partial charge in [0, 0.05) is 5.56 Å². The Labute approximate surface area is 166 Å². The Bertz CT molecular complexity index is 1150. The smallest absolute Gasteiger partial charge is 0.240 e. The zero-order valence-corrected chi connectivity index (χ0v) is 16.4. The fraction of sp³-hybridized carbons (Fsp3) is 0.200. The molecule has 2 heterocycles. The number of para-hydroxylation sites is 2. The van der Waals surface area contributed by atoms with Crippen molar-refractivity contribution in [2.45, 2.75) is 26.4 Å². The second-order valence-electron chi connectivity index (χ2n) is 6.73. The van der Waals surface area contributed by atoms with Crippen LogP contribution >= 0.6 is 12.2 Å². The van der Waals surface area contributed by atoms with E-state index in [2.05, 4.69) is 25.5 Å². The van der Waals surface area contributed by atoms with Crippen molar-refractivity contribution >= 4 is 29.2 Å². The van der Waals surface area contributed by atoms with E-state index < -0.39 is 0 Å². The third kappa shape index (κ3) is 3.59. The predicted octanol–water partition coefficient (Wildman–Crippen LogP) is 3.67. The third-order valence-electron chi connectivity index (χ3n) is 4.57. The molecule has 1 amide bonds. The SMILES string of the molecule is Cc1ccc(-c2n[nH]c(=S)n2CC(=O)N[C@@H](C)c2nc3ccccc3[nH]2)cc1. The molecule has 0 spiro atoms. The average Bonchev–Trinajstić information content (AvgIpc) is 3.27. The number of hydrogen-bond donors (Lipinski definition) is 3. The van der Waals surface area contributed by atoms with E-state index in [1.807, 2.05) is 62.4 Å². The van der Waals surface area contributed by atoms with Gasteiger partial charge in [-0.05, 0) is 38.2 Å². The molecule has 0 fully saturated rings. The van der Waals surface area contributed by atoms with Gasteiger partial charge in [0.2, 0.25) is 5.91 Å². The van der Waals surface area contributed by atoms with Crippen LogP contribution in [0.3, 0.4) is 0 Å². The summed E-state index contributed by atoms with van der Waals surface area (Å²) in [7, 11) is 0. The largest absolute Gasteiger partial charge is 0.345 e. The number of aromatic nitrogens is 5. The summed E-state index contributed by atoms with van der Waals surface area (Å²) in [4.78, 5) is 20.4. The van der Waals surface area contributed by atoms with Crippen molar-refractivity contribution in [3.63, 3.8) is 0 Å². The van der Waals surface area contributed by atoms with E-state index in [4.69, 9.17) is 12.2 Å². The highest BCUT2D eigenvalue weighted by molar-refractivity contribution is 7.71. The lowest BCUT2D eigenvalue weighted by Crippen LogP contribution is -2.31.